The monoisotopic (exact) mass is 138 g/mol. The summed E-state index contributed by atoms with van der Waals surface area (Å²) in [6, 6.07) is 0. The molecule has 1 saturated carbocycles. The molecule has 0 aliphatic heterocycles. The highest BCUT2D eigenvalue weighted by atomic mass is 15.5. The lowest BCUT2D eigenvalue weighted by Crippen LogP contribution is -1.94. The van der Waals surface area contributed by atoms with Crippen molar-refractivity contribution in [2.75, 3.05) is 0 Å². The predicted molar refractivity (Wildman–Crippen MR) is 35.4 cm³/mol. The normalized spacial score (nSPS) is 20.0. The van der Waals surface area contributed by atoms with E-state index in [1.54, 1.807) is 0 Å². The van der Waals surface area contributed by atoms with E-state index in [9.17, 15) is 0 Å². The summed E-state index contributed by atoms with van der Waals surface area (Å²) >= 11 is 0. The number of hydrogen-bond acceptors (Lipinski definition) is 3. The molecular weight excluding hydrogens is 128 g/mol. The molecule has 0 radical (unpaired) electrons. The molecule has 0 saturated heterocycles. The Hall–Kier alpha value is -0.930. The highest BCUT2D eigenvalue weighted by Gasteiger charge is 2.20. The molecule has 54 valence electrons. The van der Waals surface area contributed by atoms with Gasteiger partial charge in [0.2, 0.25) is 0 Å². The van der Waals surface area contributed by atoms with E-state index >= 15 is 0 Å². The molecule has 4 heteroatoms. The first-order valence-corrected chi connectivity index (χ1v) is 3.70. The van der Waals surface area contributed by atoms with Gasteiger partial charge in [-0.25, -0.2) is 0 Å². The average Bonchev–Trinajstić information content (AvgIpc) is 2.59. The molecule has 10 heavy (non-hydrogen) atoms. The standard InChI is InChI=1S/C6H10N4/c1-2-4-5(3-1)6-7-9-10-8-6/h5H,1-4H2,(H,7,8,9,10). The van der Waals surface area contributed by atoms with Crippen LogP contribution in [0.4, 0.5) is 0 Å². The summed E-state index contributed by atoms with van der Waals surface area (Å²) in [5, 5.41) is 13.9. The molecule has 2 rings (SSSR count). The van der Waals surface area contributed by atoms with Crippen molar-refractivity contribution in [2.45, 2.75) is 31.6 Å². The van der Waals surface area contributed by atoms with Crippen LogP contribution in [0, 0.1) is 0 Å². The van der Waals surface area contributed by atoms with Gasteiger partial charge in [0.15, 0.2) is 5.82 Å². The Balaban J connectivity index is 2.12. The maximum Gasteiger partial charge on any atom is 0.177 e. The van der Waals surface area contributed by atoms with Crippen molar-refractivity contribution in [2.24, 2.45) is 0 Å². The molecule has 1 aliphatic rings. The molecule has 0 unspecified atom stereocenters. The Morgan fingerprint density at radius 1 is 1.30 bits per heavy atom. The second-order valence-corrected chi connectivity index (χ2v) is 2.75. The number of tetrazole rings is 1. The molecule has 1 fully saturated rings. The number of aromatic nitrogens is 4. The van der Waals surface area contributed by atoms with E-state index in [1.807, 2.05) is 0 Å². The van der Waals surface area contributed by atoms with E-state index in [-0.39, 0.29) is 0 Å². The highest BCUT2D eigenvalue weighted by Crippen LogP contribution is 2.31. The van der Waals surface area contributed by atoms with Crippen LogP contribution in [0.3, 0.4) is 0 Å². The lowest BCUT2D eigenvalue weighted by molar-refractivity contribution is 0.669. The minimum atomic E-state index is 0.582. The summed E-state index contributed by atoms with van der Waals surface area (Å²) in [7, 11) is 0. The second-order valence-electron chi connectivity index (χ2n) is 2.75. The Labute approximate surface area is 59.0 Å². The van der Waals surface area contributed by atoms with E-state index < -0.39 is 0 Å². The van der Waals surface area contributed by atoms with Crippen LogP contribution < -0.4 is 0 Å². The zero-order valence-electron chi connectivity index (χ0n) is 5.75. The molecule has 1 aromatic rings. The topological polar surface area (TPSA) is 54.5 Å². The van der Waals surface area contributed by atoms with Gasteiger partial charge in [-0.2, -0.15) is 5.21 Å². The van der Waals surface area contributed by atoms with Crippen molar-refractivity contribution in [3.05, 3.63) is 5.82 Å². The van der Waals surface area contributed by atoms with Crippen LogP contribution in [-0.2, 0) is 0 Å². The van der Waals surface area contributed by atoms with Gasteiger partial charge in [0.05, 0.1) is 0 Å². The predicted octanol–water partition coefficient (Wildman–Crippen LogP) is 0.857. The molecule has 0 bridgehead atoms. The third kappa shape index (κ3) is 0.894. The maximum absolute atomic E-state index is 3.95. The van der Waals surface area contributed by atoms with Gasteiger partial charge in [0.25, 0.3) is 0 Å². The van der Waals surface area contributed by atoms with Gasteiger partial charge in [0, 0.05) is 5.92 Å². The maximum atomic E-state index is 3.95. The number of rotatable bonds is 1. The summed E-state index contributed by atoms with van der Waals surface area (Å²) in [5.74, 6) is 1.48. The van der Waals surface area contributed by atoms with Crippen molar-refractivity contribution in [3.8, 4) is 0 Å². The van der Waals surface area contributed by atoms with E-state index in [1.165, 1.54) is 25.7 Å². The number of hydrogen-bond donors (Lipinski definition) is 1. The first kappa shape index (κ1) is 5.82. The van der Waals surface area contributed by atoms with E-state index in [2.05, 4.69) is 20.6 Å². The fourth-order valence-corrected chi connectivity index (χ4v) is 1.53. The van der Waals surface area contributed by atoms with Crippen LogP contribution in [0.5, 0.6) is 0 Å². The van der Waals surface area contributed by atoms with Crippen LogP contribution in [0.2, 0.25) is 0 Å². The largest absolute Gasteiger partial charge is 0.177 e. The summed E-state index contributed by atoms with van der Waals surface area (Å²) in [5.41, 5.74) is 0. The van der Waals surface area contributed by atoms with Crippen molar-refractivity contribution in [1.29, 1.82) is 0 Å². The Morgan fingerprint density at radius 3 is 2.70 bits per heavy atom. The summed E-state index contributed by atoms with van der Waals surface area (Å²) in [4.78, 5) is 0. The van der Waals surface area contributed by atoms with Crippen LogP contribution in [0.15, 0.2) is 0 Å². The van der Waals surface area contributed by atoms with Crippen LogP contribution in [0.1, 0.15) is 37.4 Å². The smallest absolute Gasteiger partial charge is 0.177 e. The zero-order chi connectivity index (χ0) is 6.81. The molecule has 1 heterocycles. The van der Waals surface area contributed by atoms with Gasteiger partial charge >= 0.3 is 0 Å². The Bertz CT molecular complexity index is 188. The second kappa shape index (κ2) is 2.36. The fraction of sp³-hybridized carbons (Fsp3) is 0.833. The van der Waals surface area contributed by atoms with Gasteiger partial charge in [0.1, 0.15) is 0 Å². The van der Waals surface area contributed by atoms with E-state index in [0.717, 1.165) is 5.82 Å². The summed E-state index contributed by atoms with van der Waals surface area (Å²) < 4.78 is 0. The van der Waals surface area contributed by atoms with Gasteiger partial charge in [-0.1, -0.05) is 18.1 Å². The van der Waals surface area contributed by atoms with E-state index in [0.29, 0.717) is 5.92 Å². The lowest BCUT2D eigenvalue weighted by atomic mass is 10.1. The molecule has 1 aliphatic carbocycles. The van der Waals surface area contributed by atoms with E-state index in [4.69, 9.17) is 0 Å². The number of nitrogens with zero attached hydrogens (tertiary/aromatic N) is 3. The minimum absolute atomic E-state index is 0.582. The Kier molecular flexibility index (Phi) is 1.38. The molecule has 0 amide bonds. The van der Waals surface area contributed by atoms with Crippen molar-refractivity contribution >= 4 is 0 Å². The van der Waals surface area contributed by atoms with Gasteiger partial charge in [-0.3, -0.25) is 0 Å². The molecule has 0 atom stereocenters. The molecular formula is C6H10N4. The molecule has 4 nitrogen and oxygen atoms in total. The first-order chi connectivity index (χ1) is 4.97. The van der Waals surface area contributed by atoms with Gasteiger partial charge in [-0.05, 0) is 12.8 Å². The third-order valence-electron chi connectivity index (χ3n) is 2.08. The SMILES string of the molecule is C1CCC(c2nn[nH]n2)C1. The lowest BCUT2D eigenvalue weighted by Gasteiger charge is -1.98. The van der Waals surface area contributed by atoms with Gasteiger partial charge in [-0.15, -0.1) is 10.2 Å². The summed E-state index contributed by atoms with van der Waals surface area (Å²) in [6.07, 6.45) is 5.11. The van der Waals surface area contributed by atoms with Crippen molar-refractivity contribution < 1.29 is 0 Å². The average molecular weight is 138 g/mol. The quantitative estimate of drug-likeness (QED) is 0.626. The molecule has 1 aromatic heterocycles. The van der Waals surface area contributed by atoms with Crippen molar-refractivity contribution in [1.82, 2.24) is 20.6 Å². The number of nitrogens with one attached hydrogen (secondary N) is 1. The zero-order valence-corrected chi connectivity index (χ0v) is 5.75. The Morgan fingerprint density at radius 2 is 2.10 bits per heavy atom. The summed E-state index contributed by atoms with van der Waals surface area (Å²) in [6.45, 7) is 0. The number of H-pyrrole nitrogens is 1. The van der Waals surface area contributed by atoms with Crippen molar-refractivity contribution in [3.63, 3.8) is 0 Å². The van der Waals surface area contributed by atoms with Crippen LogP contribution in [0.25, 0.3) is 0 Å². The minimum Gasteiger partial charge on any atom is -0.177 e. The molecule has 0 spiro atoms. The van der Waals surface area contributed by atoms with Gasteiger partial charge < -0.3 is 0 Å². The van der Waals surface area contributed by atoms with Crippen LogP contribution in [-0.4, -0.2) is 20.6 Å². The van der Waals surface area contributed by atoms with Crippen LogP contribution >= 0.6 is 0 Å². The highest BCUT2D eigenvalue weighted by molar-refractivity contribution is 4.93. The molecule has 1 N–H and O–H groups in total. The third-order valence-corrected chi connectivity index (χ3v) is 2.08. The number of aromatic amines is 1. The fourth-order valence-electron chi connectivity index (χ4n) is 1.53. The first-order valence-electron chi connectivity index (χ1n) is 3.70. The molecule has 0 aromatic carbocycles.